The van der Waals surface area contributed by atoms with Crippen molar-refractivity contribution in [3.63, 3.8) is 0 Å². The van der Waals surface area contributed by atoms with Gasteiger partial charge in [0.05, 0.1) is 5.69 Å². The van der Waals surface area contributed by atoms with E-state index in [9.17, 15) is 0 Å². The lowest BCUT2D eigenvalue weighted by Crippen LogP contribution is -2.38. The lowest BCUT2D eigenvalue weighted by atomic mass is 10.0. The molecule has 0 saturated carbocycles. The van der Waals surface area contributed by atoms with Crippen molar-refractivity contribution >= 4 is 21.6 Å². The molecule has 0 bridgehead atoms. The molecule has 1 fully saturated rings. The topological polar surface area (TPSA) is 15.3 Å². The van der Waals surface area contributed by atoms with Crippen molar-refractivity contribution in [2.45, 2.75) is 39.7 Å². The number of halogens is 1. The second kappa shape index (κ2) is 6.76. The molecule has 3 heteroatoms. The second-order valence-electron chi connectivity index (χ2n) is 6.04. The van der Waals surface area contributed by atoms with Gasteiger partial charge >= 0.3 is 0 Å². The Kier molecular flexibility index (Phi) is 5.28. The molecule has 1 saturated heterocycles. The van der Waals surface area contributed by atoms with Crippen LogP contribution in [-0.4, -0.2) is 25.7 Å². The van der Waals surface area contributed by atoms with Crippen molar-refractivity contribution < 1.29 is 0 Å². The summed E-state index contributed by atoms with van der Waals surface area (Å²) >= 11 is 3.70. The molecule has 1 N–H and O–H groups in total. The third kappa shape index (κ3) is 4.22. The molecule has 1 aliphatic rings. The van der Waals surface area contributed by atoms with Crippen LogP contribution in [-0.2, 0) is 0 Å². The van der Waals surface area contributed by atoms with Gasteiger partial charge in [-0.15, -0.1) is 0 Å². The number of nitrogens with zero attached hydrogens (tertiary/aromatic N) is 1. The SMILES string of the molecule is Cc1ccc(Br)c(N2CCCNC(CC(C)C)C2)c1. The third-order valence-electron chi connectivity index (χ3n) is 3.68. The highest BCUT2D eigenvalue weighted by Gasteiger charge is 2.20. The molecular formula is C16H25BrN2. The highest BCUT2D eigenvalue weighted by molar-refractivity contribution is 9.10. The summed E-state index contributed by atoms with van der Waals surface area (Å²) in [5, 5.41) is 3.69. The average Bonchev–Trinajstić information content (AvgIpc) is 2.57. The zero-order valence-electron chi connectivity index (χ0n) is 12.2. The Hall–Kier alpha value is -0.540. The zero-order chi connectivity index (χ0) is 13.8. The summed E-state index contributed by atoms with van der Waals surface area (Å²) in [6, 6.07) is 7.23. The Morgan fingerprint density at radius 1 is 1.42 bits per heavy atom. The van der Waals surface area contributed by atoms with Crippen LogP contribution in [0.3, 0.4) is 0 Å². The minimum absolute atomic E-state index is 0.606. The maximum atomic E-state index is 3.70. The van der Waals surface area contributed by atoms with Gasteiger partial charge in [-0.1, -0.05) is 19.9 Å². The van der Waals surface area contributed by atoms with Crippen LogP contribution in [0.25, 0.3) is 0 Å². The molecule has 1 aliphatic heterocycles. The van der Waals surface area contributed by atoms with E-state index in [4.69, 9.17) is 0 Å². The molecule has 0 amide bonds. The van der Waals surface area contributed by atoms with Crippen LogP contribution >= 0.6 is 15.9 Å². The summed E-state index contributed by atoms with van der Waals surface area (Å²) in [6.45, 7) is 10.2. The Labute approximate surface area is 125 Å². The first-order chi connectivity index (χ1) is 9.06. The fraction of sp³-hybridized carbons (Fsp3) is 0.625. The molecule has 2 nitrogen and oxygen atoms in total. The number of nitrogens with one attached hydrogen (secondary N) is 1. The van der Waals surface area contributed by atoms with Crippen molar-refractivity contribution in [1.29, 1.82) is 0 Å². The summed E-state index contributed by atoms with van der Waals surface area (Å²) in [4.78, 5) is 2.53. The molecule has 0 spiro atoms. The molecule has 1 aromatic carbocycles. The van der Waals surface area contributed by atoms with Crippen LogP contribution in [0, 0.1) is 12.8 Å². The minimum atomic E-state index is 0.606. The first-order valence-electron chi connectivity index (χ1n) is 7.30. The van der Waals surface area contributed by atoms with Gasteiger partial charge in [-0.3, -0.25) is 0 Å². The van der Waals surface area contributed by atoms with Gasteiger partial charge in [0.2, 0.25) is 0 Å². The largest absolute Gasteiger partial charge is 0.369 e. The van der Waals surface area contributed by atoms with Crippen molar-refractivity contribution in [2.24, 2.45) is 5.92 Å². The smallest absolute Gasteiger partial charge is 0.0513 e. The molecule has 0 radical (unpaired) electrons. The first-order valence-corrected chi connectivity index (χ1v) is 8.10. The molecular weight excluding hydrogens is 300 g/mol. The predicted molar refractivity (Wildman–Crippen MR) is 87.0 cm³/mol. The predicted octanol–water partition coefficient (Wildman–Crippen LogP) is 3.97. The van der Waals surface area contributed by atoms with Gasteiger partial charge in [0.25, 0.3) is 0 Å². The highest BCUT2D eigenvalue weighted by atomic mass is 79.9. The van der Waals surface area contributed by atoms with Crippen LogP contribution in [0.2, 0.25) is 0 Å². The van der Waals surface area contributed by atoms with Crippen molar-refractivity contribution in [1.82, 2.24) is 5.32 Å². The van der Waals surface area contributed by atoms with Gasteiger partial charge in [0.15, 0.2) is 0 Å². The maximum absolute atomic E-state index is 3.70. The summed E-state index contributed by atoms with van der Waals surface area (Å²) < 4.78 is 1.21. The second-order valence-corrected chi connectivity index (χ2v) is 6.89. The van der Waals surface area contributed by atoms with E-state index in [0.29, 0.717) is 6.04 Å². The van der Waals surface area contributed by atoms with Gasteiger partial charge in [0, 0.05) is 23.6 Å². The minimum Gasteiger partial charge on any atom is -0.369 e. The molecule has 2 rings (SSSR count). The molecule has 0 aromatic heterocycles. The maximum Gasteiger partial charge on any atom is 0.0513 e. The number of hydrogen-bond donors (Lipinski definition) is 1. The van der Waals surface area contributed by atoms with E-state index in [0.717, 1.165) is 25.6 Å². The van der Waals surface area contributed by atoms with Gasteiger partial charge in [-0.05, 0) is 65.9 Å². The Morgan fingerprint density at radius 3 is 2.95 bits per heavy atom. The van der Waals surface area contributed by atoms with Crippen molar-refractivity contribution in [3.05, 3.63) is 28.2 Å². The molecule has 106 valence electrons. The quantitative estimate of drug-likeness (QED) is 0.904. The van der Waals surface area contributed by atoms with E-state index >= 15 is 0 Å². The number of anilines is 1. The van der Waals surface area contributed by atoms with Crippen LogP contribution in [0.15, 0.2) is 22.7 Å². The highest BCUT2D eigenvalue weighted by Crippen LogP contribution is 2.28. The lowest BCUT2D eigenvalue weighted by molar-refractivity contribution is 0.436. The summed E-state index contributed by atoms with van der Waals surface area (Å²) in [6.07, 6.45) is 2.47. The molecule has 0 aliphatic carbocycles. The summed E-state index contributed by atoms with van der Waals surface area (Å²) in [5.74, 6) is 0.749. The van der Waals surface area contributed by atoms with E-state index < -0.39 is 0 Å². The number of aryl methyl sites for hydroxylation is 1. The Morgan fingerprint density at radius 2 is 2.21 bits per heavy atom. The van der Waals surface area contributed by atoms with Gasteiger partial charge in [-0.2, -0.15) is 0 Å². The standard InChI is InChI=1S/C16H25BrN2/c1-12(2)9-14-11-19(8-4-7-18-14)16-10-13(3)5-6-15(16)17/h5-6,10,12,14,18H,4,7-9,11H2,1-3H3. The summed E-state index contributed by atoms with van der Waals surface area (Å²) in [5.41, 5.74) is 2.67. The first kappa shape index (κ1) is 14.9. The fourth-order valence-corrected chi connectivity index (χ4v) is 3.31. The Balaban J connectivity index is 2.15. The normalized spacial score (nSPS) is 20.7. The average molecular weight is 325 g/mol. The Bertz CT molecular complexity index is 417. The van der Waals surface area contributed by atoms with Crippen LogP contribution in [0.5, 0.6) is 0 Å². The number of rotatable bonds is 3. The molecule has 1 aromatic rings. The van der Waals surface area contributed by atoms with Crippen molar-refractivity contribution in [3.8, 4) is 0 Å². The number of benzene rings is 1. The van der Waals surface area contributed by atoms with Crippen molar-refractivity contribution in [2.75, 3.05) is 24.5 Å². The van der Waals surface area contributed by atoms with Gasteiger partial charge in [-0.25, -0.2) is 0 Å². The van der Waals surface area contributed by atoms with E-state index in [1.54, 1.807) is 0 Å². The number of hydrogen-bond acceptors (Lipinski definition) is 2. The van der Waals surface area contributed by atoms with E-state index in [1.165, 1.54) is 28.6 Å². The van der Waals surface area contributed by atoms with E-state index in [2.05, 4.69) is 65.1 Å². The van der Waals surface area contributed by atoms with Crippen LogP contribution in [0.1, 0.15) is 32.3 Å². The molecule has 1 atom stereocenters. The van der Waals surface area contributed by atoms with E-state index in [1.807, 2.05) is 0 Å². The molecule has 19 heavy (non-hydrogen) atoms. The van der Waals surface area contributed by atoms with Crippen LogP contribution < -0.4 is 10.2 Å². The monoisotopic (exact) mass is 324 g/mol. The lowest BCUT2D eigenvalue weighted by Gasteiger charge is -2.28. The van der Waals surface area contributed by atoms with E-state index in [-0.39, 0.29) is 0 Å². The third-order valence-corrected chi connectivity index (χ3v) is 4.35. The summed E-state index contributed by atoms with van der Waals surface area (Å²) in [7, 11) is 0. The molecule has 1 heterocycles. The van der Waals surface area contributed by atoms with Gasteiger partial charge in [0.1, 0.15) is 0 Å². The zero-order valence-corrected chi connectivity index (χ0v) is 13.8. The van der Waals surface area contributed by atoms with Gasteiger partial charge < -0.3 is 10.2 Å². The molecule has 1 unspecified atom stereocenters. The fourth-order valence-electron chi connectivity index (χ4n) is 2.81. The van der Waals surface area contributed by atoms with Crippen LogP contribution in [0.4, 0.5) is 5.69 Å².